The fourth-order valence-corrected chi connectivity index (χ4v) is 4.23. The first-order valence-corrected chi connectivity index (χ1v) is 12.0. The molecule has 0 heterocycles. The minimum Gasteiger partial charge on any atom is -0.496 e. The van der Waals surface area contributed by atoms with Crippen molar-refractivity contribution in [2.75, 3.05) is 27.4 Å². The molecule has 0 unspecified atom stereocenters. The Morgan fingerprint density at radius 2 is 1.59 bits per heavy atom. The van der Waals surface area contributed by atoms with Crippen molar-refractivity contribution < 1.29 is 23.8 Å². The number of hydrogen-bond donors (Lipinski definition) is 1. The summed E-state index contributed by atoms with van der Waals surface area (Å²) in [5.41, 5.74) is 1.11. The van der Waals surface area contributed by atoms with Crippen LogP contribution in [0.15, 0.2) is 48.5 Å². The van der Waals surface area contributed by atoms with Gasteiger partial charge in [-0.2, -0.15) is 0 Å². The maximum atomic E-state index is 13.2. The Bertz CT molecular complexity index is 906. The molecule has 0 aromatic heterocycles. The van der Waals surface area contributed by atoms with Crippen molar-refractivity contribution in [1.29, 1.82) is 0 Å². The third-order valence-corrected chi connectivity index (χ3v) is 6.29. The van der Waals surface area contributed by atoms with E-state index in [-0.39, 0.29) is 24.5 Å². The number of ether oxygens (including phenoxy) is 3. The summed E-state index contributed by atoms with van der Waals surface area (Å²) in [6.45, 7) is 2.02. The van der Waals surface area contributed by atoms with Crippen LogP contribution in [0.25, 0.3) is 0 Å². The first-order chi connectivity index (χ1) is 16.5. The number of hydrogen-bond acceptors (Lipinski definition) is 5. The molecule has 0 bridgehead atoms. The van der Waals surface area contributed by atoms with Crippen LogP contribution in [0.3, 0.4) is 0 Å². The molecule has 0 saturated heterocycles. The molecule has 184 valence electrons. The molecule has 1 aliphatic rings. The first-order valence-electron chi connectivity index (χ1n) is 12.0. The van der Waals surface area contributed by atoms with Crippen molar-refractivity contribution in [3.8, 4) is 17.2 Å². The maximum absolute atomic E-state index is 13.2. The van der Waals surface area contributed by atoms with E-state index < -0.39 is 6.04 Å². The molecule has 3 rings (SSSR count). The van der Waals surface area contributed by atoms with Crippen LogP contribution in [0.1, 0.15) is 44.6 Å². The number of carbonyl (C=O) groups excluding carboxylic acids is 2. The summed E-state index contributed by atoms with van der Waals surface area (Å²) < 4.78 is 16.3. The quantitative estimate of drug-likeness (QED) is 0.540. The van der Waals surface area contributed by atoms with Crippen LogP contribution < -0.4 is 19.5 Å². The molecule has 7 heteroatoms. The second kappa shape index (κ2) is 12.9. The molecular formula is C27H36N2O5. The number of benzene rings is 2. The van der Waals surface area contributed by atoms with Crippen molar-refractivity contribution in [1.82, 2.24) is 10.2 Å². The van der Waals surface area contributed by atoms with Gasteiger partial charge in [0.15, 0.2) is 6.61 Å². The number of rotatable bonds is 11. The van der Waals surface area contributed by atoms with Crippen molar-refractivity contribution in [2.45, 2.75) is 57.5 Å². The van der Waals surface area contributed by atoms with Gasteiger partial charge in [0.25, 0.3) is 5.91 Å². The largest absolute Gasteiger partial charge is 0.496 e. The standard InChI is InChI=1S/C27H36N2O5/c1-20(27(31)28-22-12-8-5-9-13-22)29(15-14-21-10-6-4-7-11-21)26(30)19-34-25-17-23(32-2)16-24(18-25)33-3/h4,6-7,10-11,16-18,20,22H,5,8-9,12-15,19H2,1-3H3,(H,28,31)/t20-/m0/s1. The van der Waals surface area contributed by atoms with Crippen molar-refractivity contribution in [3.63, 3.8) is 0 Å². The lowest BCUT2D eigenvalue weighted by Crippen LogP contribution is -2.52. The van der Waals surface area contributed by atoms with E-state index >= 15 is 0 Å². The average molecular weight is 469 g/mol. The van der Waals surface area contributed by atoms with Gasteiger partial charge in [-0.15, -0.1) is 0 Å². The van der Waals surface area contributed by atoms with Crippen LogP contribution in [0.2, 0.25) is 0 Å². The van der Waals surface area contributed by atoms with Gasteiger partial charge in [0.05, 0.1) is 14.2 Å². The Morgan fingerprint density at radius 1 is 0.971 bits per heavy atom. The summed E-state index contributed by atoms with van der Waals surface area (Å²) in [4.78, 5) is 27.9. The zero-order valence-corrected chi connectivity index (χ0v) is 20.4. The minimum absolute atomic E-state index is 0.114. The van der Waals surface area contributed by atoms with Gasteiger partial charge in [-0.3, -0.25) is 9.59 Å². The lowest BCUT2D eigenvalue weighted by atomic mass is 9.95. The minimum atomic E-state index is -0.596. The second-order valence-electron chi connectivity index (χ2n) is 8.68. The van der Waals surface area contributed by atoms with Crippen LogP contribution in [-0.2, 0) is 16.0 Å². The molecule has 0 spiro atoms. The number of carbonyl (C=O) groups is 2. The highest BCUT2D eigenvalue weighted by atomic mass is 16.5. The van der Waals surface area contributed by atoms with Gasteiger partial charge in [-0.1, -0.05) is 49.6 Å². The Kier molecular flexibility index (Phi) is 9.62. The molecule has 0 radical (unpaired) electrons. The van der Waals surface area contributed by atoms with Crippen molar-refractivity contribution in [2.24, 2.45) is 0 Å². The highest BCUT2D eigenvalue weighted by molar-refractivity contribution is 5.88. The maximum Gasteiger partial charge on any atom is 0.261 e. The van der Waals surface area contributed by atoms with Gasteiger partial charge in [-0.25, -0.2) is 0 Å². The Morgan fingerprint density at radius 3 is 2.21 bits per heavy atom. The van der Waals surface area contributed by atoms with Crippen molar-refractivity contribution >= 4 is 11.8 Å². The summed E-state index contributed by atoms with van der Waals surface area (Å²) in [5, 5.41) is 3.15. The second-order valence-corrected chi connectivity index (χ2v) is 8.68. The molecule has 1 fully saturated rings. The van der Waals surface area contributed by atoms with Crippen LogP contribution >= 0.6 is 0 Å². The van der Waals surface area contributed by atoms with E-state index in [4.69, 9.17) is 14.2 Å². The van der Waals surface area contributed by atoms with E-state index in [9.17, 15) is 9.59 Å². The highest BCUT2D eigenvalue weighted by Gasteiger charge is 2.28. The Labute approximate surface area is 202 Å². The van der Waals surface area contributed by atoms with Gasteiger partial charge in [-0.05, 0) is 31.7 Å². The monoisotopic (exact) mass is 468 g/mol. The van der Waals surface area contributed by atoms with Crippen LogP contribution in [0, 0.1) is 0 Å². The highest BCUT2D eigenvalue weighted by Crippen LogP contribution is 2.27. The molecular weight excluding hydrogens is 432 g/mol. The average Bonchev–Trinajstić information content (AvgIpc) is 2.88. The zero-order chi connectivity index (χ0) is 24.3. The molecule has 1 N–H and O–H groups in total. The number of amides is 2. The molecule has 1 saturated carbocycles. The third-order valence-electron chi connectivity index (χ3n) is 6.29. The molecule has 0 aliphatic heterocycles. The Hall–Kier alpha value is -3.22. The van der Waals surface area contributed by atoms with Gasteiger partial charge >= 0.3 is 0 Å². The van der Waals surface area contributed by atoms with Crippen LogP contribution in [0.5, 0.6) is 17.2 Å². The van der Waals surface area contributed by atoms with Gasteiger partial charge < -0.3 is 24.4 Å². The molecule has 7 nitrogen and oxygen atoms in total. The third kappa shape index (κ3) is 7.40. The molecule has 1 aliphatic carbocycles. The number of nitrogens with zero attached hydrogens (tertiary/aromatic N) is 1. The topological polar surface area (TPSA) is 77.1 Å². The van der Waals surface area contributed by atoms with Gasteiger partial charge in [0, 0.05) is 30.8 Å². The lowest BCUT2D eigenvalue weighted by molar-refractivity contribution is -0.141. The van der Waals surface area contributed by atoms with E-state index in [1.54, 1.807) is 44.2 Å². The van der Waals surface area contributed by atoms with E-state index in [1.165, 1.54) is 6.42 Å². The molecule has 34 heavy (non-hydrogen) atoms. The molecule has 2 amide bonds. The Balaban J connectivity index is 1.68. The number of methoxy groups -OCH3 is 2. The normalized spacial score (nSPS) is 14.7. The first kappa shape index (κ1) is 25.4. The summed E-state index contributed by atoms with van der Waals surface area (Å²) in [5.74, 6) is 1.25. The van der Waals surface area contributed by atoms with E-state index in [1.807, 2.05) is 30.3 Å². The van der Waals surface area contributed by atoms with Crippen molar-refractivity contribution in [3.05, 3.63) is 54.1 Å². The van der Waals surface area contributed by atoms with E-state index in [0.717, 1.165) is 31.2 Å². The smallest absolute Gasteiger partial charge is 0.261 e. The molecule has 2 aromatic carbocycles. The summed E-state index contributed by atoms with van der Waals surface area (Å²) >= 11 is 0. The van der Waals surface area contributed by atoms with Crippen LogP contribution in [0.4, 0.5) is 0 Å². The summed E-state index contributed by atoms with van der Waals surface area (Å²) in [7, 11) is 3.11. The van der Waals surface area contributed by atoms with Crippen LogP contribution in [-0.4, -0.2) is 56.2 Å². The summed E-state index contributed by atoms with van der Waals surface area (Å²) in [6, 6.07) is 14.7. The zero-order valence-electron chi connectivity index (χ0n) is 20.4. The fraction of sp³-hybridized carbons (Fsp3) is 0.481. The molecule has 2 aromatic rings. The SMILES string of the molecule is COc1cc(OC)cc(OCC(=O)N(CCc2ccccc2)[C@@H](C)C(=O)NC2CCCCC2)c1. The molecule has 1 atom stereocenters. The summed E-state index contributed by atoms with van der Waals surface area (Å²) in [6.07, 6.45) is 6.13. The predicted octanol–water partition coefficient (Wildman–Crippen LogP) is 3.99. The lowest BCUT2D eigenvalue weighted by Gasteiger charge is -2.31. The van der Waals surface area contributed by atoms with E-state index in [2.05, 4.69) is 5.32 Å². The van der Waals surface area contributed by atoms with Gasteiger partial charge in [0.2, 0.25) is 5.91 Å². The number of nitrogens with one attached hydrogen (secondary N) is 1. The van der Waals surface area contributed by atoms with E-state index in [0.29, 0.717) is 30.2 Å². The van der Waals surface area contributed by atoms with Gasteiger partial charge in [0.1, 0.15) is 23.3 Å². The predicted molar refractivity (Wildman–Crippen MR) is 131 cm³/mol. The fourth-order valence-electron chi connectivity index (χ4n) is 4.23.